The molecule has 0 aliphatic rings. The zero-order chi connectivity index (χ0) is 16.0. The lowest BCUT2D eigenvalue weighted by molar-refractivity contribution is -0.142. The number of rotatable bonds is 8. The summed E-state index contributed by atoms with van der Waals surface area (Å²) in [4.78, 5) is 11.1. The Bertz CT molecular complexity index is 453. The fraction of sp³-hybridized carbons (Fsp3) is 0.562. The fourth-order valence-electron chi connectivity index (χ4n) is 2.37. The Labute approximate surface area is 126 Å². The van der Waals surface area contributed by atoms with Gasteiger partial charge in [-0.2, -0.15) is 0 Å². The topological polar surface area (TPSA) is 81.8 Å². The highest BCUT2D eigenvalue weighted by molar-refractivity contribution is 5.70. The third-order valence-electron chi connectivity index (χ3n) is 4.04. The molecule has 0 bridgehead atoms. The molecule has 0 aliphatic heterocycles. The van der Waals surface area contributed by atoms with Gasteiger partial charge in [-0.25, -0.2) is 0 Å². The second-order valence-corrected chi connectivity index (χ2v) is 5.42. The Hall–Kier alpha value is -1.75. The summed E-state index contributed by atoms with van der Waals surface area (Å²) in [5.41, 5.74) is 6.60. The molecule has 3 unspecified atom stereocenters. The van der Waals surface area contributed by atoms with E-state index in [4.69, 9.17) is 20.3 Å². The lowest BCUT2D eigenvalue weighted by Gasteiger charge is -2.23. The average Bonchev–Trinajstić information content (AvgIpc) is 2.50. The molecule has 0 fully saturated rings. The van der Waals surface area contributed by atoms with Crippen LogP contribution in [-0.2, 0) is 4.79 Å². The number of hydrogen-bond acceptors (Lipinski definition) is 4. The predicted octanol–water partition coefficient (Wildman–Crippen LogP) is 2.49. The van der Waals surface area contributed by atoms with Crippen LogP contribution in [0.15, 0.2) is 18.2 Å². The summed E-state index contributed by atoms with van der Waals surface area (Å²) in [6, 6.07) is 5.74. The van der Waals surface area contributed by atoms with Crippen LogP contribution >= 0.6 is 0 Å². The second kappa shape index (κ2) is 7.88. The van der Waals surface area contributed by atoms with Crippen molar-refractivity contribution in [2.24, 2.45) is 17.6 Å². The summed E-state index contributed by atoms with van der Waals surface area (Å²) in [6.45, 7) is 4.28. The van der Waals surface area contributed by atoms with Crippen molar-refractivity contribution in [3.05, 3.63) is 23.8 Å². The van der Waals surface area contributed by atoms with Gasteiger partial charge in [-0.15, -0.1) is 0 Å². The fourth-order valence-corrected chi connectivity index (χ4v) is 2.37. The van der Waals surface area contributed by atoms with Crippen molar-refractivity contribution < 1.29 is 19.4 Å². The first-order chi connectivity index (χ1) is 9.92. The maximum absolute atomic E-state index is 11.1. The molecule has 1 aromatic rings. The number of methoxy groups -OCH3 is 2. The van der Waals surface area contributed by atoms with Crippen LogP contribution < -0.4 is 15.2 Å². The van der Waals surface area contributed by atoms with Gasteiger partial charge in [0.1, 0.15) is 11.5 Å². The maximum Gasteiger partial charge on any atom is 0.307 e. The van der Waals surface area contributed by atoms with Gasteiger partial charge >= 0.3 is 5.97 Å². The number of nitrogens with two attached hydrogens (primary N) is 1. The van der Waals surface area contributed by atoms with Crippen molar-refractivity contribution in [1.29, 1.82) is 0 Å². The van der Waals surface area contributed by atoms with E-state index in [-0.39, 0.29) is 18.4 Å². The van der Waals surface area contributed by atoms with E-state index in [1.807, 2.05) is 25.1 Å². The summed E-state index contributed by atoms with van der Waals surface area (Å²) >= 11 is 0. The molecule has 5 nitrogen and oxygen atoms in total. The third-order valence-corrected chi connectivity index (χ3v) is 4.04. The molecule has 0 aliphatic carbocycles. The SMILES string of the molecule is COc1cc(OC)cc(C(C)C(C)CC(CN)C(=O)O)c1. The molecule has 5 heteroatoms. The van der Waals surface area contributed by atoms with E-state index in [1.165, 1.54) is 0 Å². The van der Waals surface area contributed by atoms with E-state index < -0.39 is 11.9 Å². The third kappa shape index (κ3) is 4.63. The second-order valence-electron chi connectivity index (χ2n) is 5.42. The zero-order valence-corrected chi connectivity index (χ0v) is 13.1. The highest BCUT2D eigenvalue weighted by Crippen LogP contribution is 2.33. The van der Waals surface area contributed by atoms with E-state index in [1.54, 1.807) is 14.2 Å². The molecule has 0 spiro atoms. The first-order valence-electron chi connectivity index (χ1n) is 7.08. The summed E-state index contributed by atoms with van der Waals surface area (Å²) in [7, 11) is 3.23. The summed E-state index contributed by atoms with van der Waals surface area (Å²) in [5, 5.41) is 9.12. The summed E-state index contributed by atoms with van der Waals surface area (Å²) in [6.07, 6.45) is 0.548. The van der Waals surface area contributed by atoms with Gasteiger partial charge in [0.05, 0.1) is 20.1 Å². The average molecular weight is 295 g/mol. The molecule has 0 saturated carbocycles. The number of carbonyl (C=O) groups is 1. The number of benzene rings is 1. The normalized spacial score (nSPS) is 15.1. The Balaban J connectivity index is 2.91. The number of carboxylic acids is 1. The van der Waals surface area contributed by atoms with E-state index in [0.717, 1.165) is 17.1 Å². The first-order valence-corrected chi connectivity index (χ1v) is 7.08. The molecular weight excluding hydrogens is 270 g/mol. The van der Waals surface area contributed by atoms with E-state index in [0.29, 0.717) is 6.42 Å². The van der Waals surface area contributed by atoms with Gasteiger partial charge in [0.2, 0.25) is 0 Å². The Kier molecular flexibility index (Phi) is 6.49. The Morgan fingerprint density at radius 3 is 2.10 bits per heavy atom. The molecule has 1 rings (SSSR count). The minimum absolute atomic E-state index is 0.161. The molecular formula is C16H25NO4. The van der Waals surface area contributed by atoms with Crippen molar-refractivity contribution in [1.82, 2.24) is 0 Å². The Morgan fingerprint density at radius 1 is 1.19 bits per heavy atom. The van der Waals surface area contributed by atoms with E-state index in [2.05, 4.69) is 6.92 Å². The number of hydrogen-bond donors (Lipinski definition) is 2. The molecule has 0 saturated heterocycles. The smallest absolute Gasteiger partial charge is 0.307 e. The van der Waals surface area contributed by atoms with Crippen LogP contribution in [0.4, 0.5) is 0 Å². The lowest BCUT2D eigenvalue weighted by Crippen LogP contribution is -2.26. The van der Waals surface area contributed by atoms with Gasteiger partial charge in [-0.05, 0) is 36.0 Å². The molecule has 21 heavy (non-hydrogen) atoms. The molecule has 0 aromatic heterocycles. The largest absolute Gasteiger partial charge is 0.497 e. The van der Waals surface area contributed by atoms with E-state index in [9.17, 15) is 4.79 Å². The minimum atomic E-state index is -0.834. The molecule has 0 amide bonds. The number of carboxylic acid groups (broad SMARTS) is 1. The van der Waals surface area contributed by atoms with Gasteiger partial charge in [0.25, 0.3) is 0 Å². The van der Waals surface area contributed by atoms with Crippen molar-refractivity contribution in [3.8, 4) is 11.5 Å². The van der Waals surface area contributed by atoms with Crippen molar-refractivity contribution in [2.75, 3.05) is 20.8 Å². The molecule has 0 radical (unpaired) electrons. The first kappa shape index (κ1) is 17.3. The highest BCUT2D eigenvalue weighted by atomic mass is 16.5. The van der Waals surface area contributed by atoms with Crippen LogP contribution in [0.1, 0.15) is 31.7 Å². The molecule has 118 valence electrons. The molecule has 3 N–H and O–H groups in total. The summed E-state index contributed by atoms with van der Waals surface area (Å²) in [5.74, 6) is 0.498. The van der Waals surface area contributed by atoms with Gasteiger partial charge < -0.3 is 20.3 Å². The molecule has 1 aromatic carbocycles. The van der Waals surface area contributed by atoms with Gasteiger partial charge in [-0.3, -0.25) is 4.79 Å². The number of ether oxygens (including phenoxy) is 2. The van der Waals surface area contributed by atoms with Gasteiger partial charge in [0.15, 0.2) is 0 Å². The van der Waals surface area contributed by atoms with Crippen LogP contribution in [-0.4, -0.2) is 31.8 Å². The van der Waals surface area contributed by atoms with Crippen molar-refractivity contribution in [2.45, 2.75) is 26.2 Å². The van der Waals surface area contributed by atoms with Crippen molar-refractivity contribution in [3.63, 3.8) is 0 Å². The highest BCUT2D eigenvalue weighted by Gasteiger charge is 2.23. The quantitative estimate of drug-likeness (QED) is 0.770. The zero-order valence-electron chi connectivity index (χ0n) is 13.1. The maximum atomic E-state index is 11.1. The lowest BCUT2D eigenvalue weighted by atomic mass is 9.82. The van der Waals surface area contributed by atoms with Crippen LogP contribution in [0, 0.1) is 11.8 Å². The molecule has 3 atom stereocenters. The minimum Gasteiger partial charge on any atom is -0.497 e. The van der Waals surface area contributed by atoms with Gasteiger partial charge in [0, 0.05) is 12.6 Å². The van der Waals surface area contributed by atoms with Gasteiger partial charge in [-0.1, -0.05) is 13.8 Å². The van der Waals surface area contributed by atoms with Crippen LogP contribution in [0.3, 0.4) is 0 Å². The predicted molar refractivity (Wildman–Crippen MR) is 81.9 cm³/mol. The summed E-state index contributed by atoms with van der Waals surface area (Å²) < 4.78 is 10.5. The monoisotopic (exact) mass is 295 g/mol. The molecule has 0 heterocycles. The van der Waals surface area contributed by atoms with E-state index >= 15 is 0 Å². The van der Waals surface area contributed by atoms with Crippen LogP contribution in [0.25, 0.3) is 0 Å². The van der Waals surface area contributed by atoms with Crippen LogP contribution in [0.5, 0.6) is 11.5 Å². The van der Waals surface area contributed by atoms with Crippen molar-refractivity contribution >= 4 is 5.97 Å². The van der Waals surface area contributed by atoms with Crippen LogP contribution in [0.2, 0.25) is 0 Å². The number of aliphatic carboxylic acids is 1. The Morgan fingerprint density at radius 2 is 1.71 bits per heavy atom. The standard InChI is InChI=1S/C16H25NO4/c1-10(5-13(9-17)16(18)19)11(2)12-6-14(20-3)8-15(7-12)21-4/h6-8,10-11,13H,5,9,17H2,1-4H3,(H,18,19).